The van der Waals surface area contributed by atoms with E-state index in [1.54, 1.807) is 0 Å². The van der Waals surface area contributed by atoms with Crippen LogP contribution in [0.2, 0.25) is 0 Å². The van der Waals surface area contributed by atoms with Gasteiger partial charge in [0.15, 0.2) is 0 Å². The third-order valence-electron chi connectivity index (χ3n) is 4.80. The number of fused-ring (bicyclic) bond motifs is 1. The lowest BCUT2D eigenvalue weighted by Gasteiger charge is -2.19. The van der Waals surface area contributed by atoms with Gasteiger partial charge in [0.25, 0.3) is 0 Å². The van der Waals surface area contributed by atoms with E-state index in [4.69, 9.17) is 0 Å². The fraction of sp³-hybridized carbons (Fsp3) is 0.588. The molecule has 5 heteroatoms. The van der Waals surface area contributed by atoms with Gasteiger partial charge in [-0.1, -0.05) is 6.07 Å². The summed E-state index contributed by atoms with van der Waals surface area (Å²) in [4.78, 5) is 4.47. The Kier molecular flexibility index (Phi) is 3.89. The molecule has 2 aromatic heterocycles. The highest BCUT2D eigenvalue weighted by Crippen LogP contribution is 2.34. The highest BCUT2D eigenvalue weighted by atomic mass is 15.3. The summed E-state index contributed by atoms with van der Waals surface area (Å²) in [7, 11) is 0. The van der Waals surface area contributed by atoms with Crippen LogP contribution in [0, 0.1) is 5.92 Å². The van der Waals surface area contributed by atoms with Gasteiger partial charge in [-0.15, -0.1) is 10.2 Å². The van der Waals surface area contributed by atoms with E-state index in [1.165, 1.54) is 31.4 Å². The molecule has 22 heavy (non-hydrogen) atoms. The number of hydrogen-bond acceptors (Lipinski definition) is 4. The summed E-state index contributed by atoms with van der Waals surface area (Å²) in [5.74, 6) is 3.06. The van der Waals surface area contributed by atoms with Gasteiger partial charge in [-0.3, -0.25) is 4.98 Å². The molecule has 1 atom stereocenters. The van der Waals surface area contributed by atoms with Crippen molar-refractivity contribution >= 4 is 0 Å². The number of aryl methyl sites for hydroxylation is 1. The summed E-state index contributed by atoms with van der Waals surface area (Å²) in [6.07, 6.45) is 9.13. The van der Waals surface area contributed by atoms with Crippen molar-refractivity contribution in [2.24, 2.45) is 5.92 Å². The van der Waals surface area contributed by atoms with Gasteiger partial charge in [0.1, 0.15) is 11.6 Å². The monoisotopic (exact) mass is 297 g/mol. The maximum Gasteiger partial charge on any atom is 0.147 e. The molecule has 0 aromatic carbocycles. The first-order valence-corrected chi connectivity index (χ1v) is 8.44. The molecule has 1 saturated carbocycles. The van der Waals surface area contributed by atoms with Gasteiger partial charge in [0, 0.05) is 37.3 Å². The van der Waals surface area contributed by atoms with E-state index in [-0.39, 0.29) is 0 Å². The lowest BCUT2D eigenvalue weighted by molar-refractivity contribution is 0.432. The van der Waals surface area contributed by atoms with Crippen molar-refractivity contribution in [1.82, 2.24) is 25.1 Å². The Balaban J connectivity index is 1.41. The number of nitrogens with one attached hydrogen (secondary N) is 1. The standard InChI is InChI=1S/C17H23N5/c1-3-9-18-14(5-1)11-15(13-7-8-13)19-12-17-21-20-16-6-2-4-10-22(16)17/h1,3,5,9,13,15,19H,2,4,6-8,10-12H2/t15-/m0/s1. The minimum atomic E-state index is 0.506. The zero-order valence-corrected chi connectivity index (χ0v) is 12.9. The minimum Gasteiger partial charge on any atom is -0.314 e. The topological polar surface area (TPSA) is 55.6 Å². The number of hydrogen-bond donors (Lipinski definition) is 1. The van der Waals surface area contributed by atoms with Crippen LogP contribution in [-0.4, -0.2) is 25.8 Å². The summed E-state index contributed by atoms with van der Waals surface area (Å²) in [5.41, 5.74) is 1.18. The average Bonchev–Trinajstić information content (AvgIpc) is 3.33. The van der Waals surface area contributed by atoms with Crippen LogP contribution in [0.3, 0.4) is 0 Å². The number of nitrogens with zero attached hydrogens (tertiary/aromatic N) is 4. The first kappa shape index (κ1) is 13.9. The second kappa shape index (κ2) is 6.16. The largest absolute Gasteiger partial charge is 0.314 e. The average molecular weight is 297 g/mol. The summed E-state index contributed by atoms with van der Waals surface area (Å²) in [6.45, 7) is 1.90. The molecular formula is C17H23N5. The third kappa shape index (κ3) is 3.04. The molecule has 2 aromatic rings. The molecule has 0 saturated heterocycles. The second-order valence-electron chi connectivity index (χ2n) is 6.49. The second-order valence-corrected chi connectivity index (χ2v) is 6.49. The van der Waals surface area contributed by atoms with Gasteiger partial charge in [-0.2, -0.15) is 0 Å². The van der Waals surface area contributed by atoms with Crippen LogP contribution in [0.4, 0.5) is 0 Å². The van der Waals surface area contributed by atoms with Gasteiger partial charge in [-0.05, 0) is 43.7 Å². The van der Waals surface area contributed by atoms with E-state index in [1.807, 2.05) is 12.3 Å². The van der Waals surface area contributed by atoms with Crippen LogP contribution in [0.5, 0.6) is 0 Å². The Morgan fingerprint density at radius 3 is 3.00 bits per heavy atom. The summed E-state index contributed by atoms with van der Waals surface area (Å²) in [5, 5.41) is 12.5. The van der Waals surface area contributed by atoms with E-state index < -0.39 is 0 Å². The van der Waals surface area contributed by atoms with Crippen LogP contribution >= 0.6 is 0 Å². The normalized spacial score (nSPS) is 18.9. The Morgan fingerprint density at radius 2 is 2.18 bits per heavy atom. The molecule has 0 unspecified atom stereocenters. The third-order valence-corrected chi connectivity index (χ3v) is 4.80. The molecule has 1 aliphatic carbocycles. The number of pyridine rings is 1. The van der Waals surface area contributed by atoms with Crippen molar-refractivity contribution < 1.29 is 0 Å². The highest BCUT2D eigenvalue weighted by Gasteiger charge is 2.31. The van der Waals surface area contributed by atoms with Crippen molar-refractivity contribution in [1.29, 1.82) is 0 Å². The van der Waals surface area contributed by atoms with Crippen molar-refractivity contribution in [3.8, 4) is 0 Å². The van der Waals surface area contributed by atoms with E-state index in [9.17, 15) is 0 Å². The van der Waals surface area contributed by atoms with E-state index >= 15 is 0 Å². The number of aromatic nitrogens is 4. The van der Waals surface area contributed by atoms with Gasteiger partial charge in [0.2, 0.25) is 0 Å². The highest BCUT2D eigenvalue weighted by molar-refractivity contribution is 5.07. The van der Waals surface area contributed by atoms with Crippen LogP contribution in [-0.2, 0) is 25.9 Å². The Hall–Kier alpha value is -1.75. The van der Waals surface area contributed by atoms with Crippen molar-refractivity contribution in [2.45, 2.75) is 57.7 Å². The molecule has 5 nitrogen and oxygen atoms in total. The molecule has 0 amide bonds. The van der Waals surface area contributed by atoms with Crippen molar-refractivity contribution in [3.63, 3.8) is 0 Å². The van der Waals surface area contributed by atoms with Gasteiger partial charge < -0.3 is 9.88 Å². The maximum absolute atomic E-state index is 4.47. The van der Waals surface area contributed by atoms with Crippen LogP contribution in [0.25, 0.3) is 0 Å². The first-order valence-electron chi connectivity index (χ1n) is 8.44. The smallest absolute Gasteiger partial charge is 0.147 e. The van der Waals surface area contributed by atoms with Crippen molar-refractivity contribution in [3.05, 3.63) is 41.7 Å². The first-order chi connectivity index (χ1) is 10.9. The fourth-order valence-electron chi connectivity index (χ4n) is 3.37. The fourth-order valence-corrected chi connectivity index (χ4v) is 3.37. The summed E-state index contributed by atoms with van der Waals surface area (Å²) >= 11 is 0. The van der Waals surface area contributed by atoms with Crippen LogP contribution in [0.15, 0.2) is 24.4 Å². The molecule has 1 aliphatic heterocycles. The Bertz CT molecular complexity index is 617. The predicted octanol–water partition coefficient (Wildman–Crippen LogP) is 2.12. The minimum absolute atomic E-state index is 0.506. The molecule has 3 heterocycles. The van der Waals surface area contributed by atoms with Gasteiger partial charge >= 0.3 is 0 Å². The summed E-state index contributed by atoms with van der Waals surface area (Å²) in [6, 6.07) is 6.68. The molecule has 116 valence electrons. The lowest BCUT2D eigenvalue weighted by Crippen LogP contribution is -2.34. The molecule has 0 bridgehead atoms. The van der Waals surface area contributed by atoms with E-state index in [0.717, 1.165) is 43.5 Å². The molecule has 0 radical (unpaired) electrons. The van der Waals surface area contributed by atoms with Gasteiger partial charge in [-0.25, -0.2) is 0 Å². The zero-order chi connectivity index (χ0) is 14.8. The van der Waals surface area contributed by atoms with Crippen molar-refractivity contribution in [2.75, 3.05) is 0 Å². The molecule has 2 aliphatic rings. The molecule has 0 spiro atoms. The quantitative estimate of drug-likeness (QED) is 0.887. The SMILES string of the molecule is c1ccc(C[C@H](NCc2nnc3n2CCCC3)C2CC2)nc1. The maximum atomic E-state index is 4.47. The lowest BCUT2D eigenvalue weighted by atomic mass is 10.1. The Labute approximate surface area is 131 Å². The van der Waals surface area contributed by atoms with Gasteiger partial charge in [0.05, 0.1) is 6.54 Å². The molecule has 1 N–H and O–H groups in total. The van der Waals surface area contributed by atoms with E-state index in [2.05, 4.69) is 37.2 Å². The van der Waals surface area contributed by atoms with Crippen LogP contribution in [0.1, 0.15) is 43.0 Å². The summed E-state index contributed by atoms with van der Waals surface area (Å²) < 4.78 is 2.31. The molecular weight excluding hydrogens is 274 g/mol. The predicted molar refractivity (Wildman–Crippen MR) is 84.3 cm³/mol. The molecule has 4 rings (SSSR count). The van der Waals surface area contributed by atoms with Crippen LogP contribution < -0.4 is 5.32 Å². The number of rotatable bonds is 6. The van der Waals surface area contributed by atoms with E-state index in [0.29, 0.717) is 6.04 Å². The Morgan fingerprint density at radius 1 is 1.23 bits per heavy atom. The zero-order valence-electron chi connectivity index (χ0n) is 12.9. The molecule has 1 fully saturated rings.